The molecule has 0 aromatic heterocycles. The minimum absolute atomic E-state index is 0.103. The fourth-order valence-electron chi connectivity index (χ4n) is 5.59. The van der Waals surface area contributed by atoms with Crippen LogP contribution in [0.5, 0.6) is 28.7 Å². The molecule has 11 nitrogen and oxygen atoms in total. The first kappa shape index (κ1) is 33.3. The summed E-state index contributed by atoms with van der Waals surface area (Å²) in [6.07, 6.45) is 0. The van der Waals surface area contributed by atoms with Crippen molar-refractivity contribution in [1.82, 2.24) is 0 Å². The van der Waals surface area contributed by atoms with Gasteiger partial charge in [0.1, 0.15) is 28.7 Å². The lowest BCUT2D eigenvalue weighted by Crippen LogP contribution is -2.32. The summed E-state index contributed by atoms with van der Waals surface area (Å²) in [5.41, 5.74) is 0.902. The van der Waals surface area contributed by atoms with E-state index in [9.17, 15) is 24.3 Å². The zero-order valence-corrected chi connectivity index (χ0v) is 28.1. The molecule has 0 spiro atoms. The zero-order chi connectivity index (χ0) is 35.9. The van der Waals surface area contributed by atoms with Crippen molar-refractivity contribution in [2.24, 2.45) is 0 Å². The van der Waals surface area contributed by atoms with Crippen molar-refractivity contribution >= 4 is 59.0 Å². The number of ketones is 2. The summed E-state index contributed by atoms with van der Waals surface area (Å²) in [6.45, 7) is 2.07. The molecule has 5 aromatic rings. The van der Waals surface area contributed by atoms with Crippen LogP contribution in [0.25, 0.3) is 0 Å². The molecule has 0 unspecified atom stereocenters. The Morgan fingerprint density at radius 3 is 1.33 bits per heavy atom. The van der Waals surface area contributed by atoms with Gasteiger partial charge in [0.2, 0.25) is 11.6 Å². The van der Waals surface area contributed by atoms with Crippen LogP contribution in [0.15, 0.2) is 119 Å². The first-order valence-corrected chi connectivity index (χ1v) is 16.7. The predicted molar refractivity (Wildman–Crippen MR) is 188 cm³/mol. The lowest BCUT2D eigenvalue weighted by atomic mass is 9.71. The Labute approximate surface area is 298 Å². The van der Waals surface area contributed by atoms with Crippen LogP contribution in [0.4, 0.5) is 0 Å². The van der Waals surface area contributed by atoms with Gasteiger partial charge in [0, 0.05) is 15.2 Å². The molecule has 0 fully saturated rings. The average molecular weight is 717 g/mol. The second-order valence-corrected chi connectivity index (χ2v) is 13.2. The van der Waals surface area contributed by atoms with Crippen LogP contribution < -0.4 is 17.8 Å². The molecule has 2 aliphatic heterocycles. The van der Waals surface area contributed by atoms with Gasteiger partial charge >= 0.3 is 11.9 Å². The van der Waals surface area contributed by atoms with Gasteiger partial charge in [-0.3, -0.25) is 20.4 Å². The van der Waals surface area contributed by atoms with Gasteiger partial charge in [-0.25, -0.2) is 9.59 Å². The smallest absolute Gasteiger partial charge is 0.365 e. The maximum Gasteiger partial charge on any atom is 0.365 e. The second-order valence-electron chi connectivity index (χ2n) is 11.6. The van der Waals surface area contributed by atoms with Gasteiger partial charge in [-0.2, -0.15) is 0 Å². The molecule has 51 heavy (non-hydrogen) atoms. The molecule has 13 heteroatoms. The van der Waals surface area contributed by atoms with E-state index >= 15 is 0 Å². The quantitative estimate of drug-likeness (QED) is 0.0611. The summed E-state index contributed by atoms with van der Waals surface area (Å²) in [5.74, 6) is -1.93. The molecule has 0 aliphatic carbocycles. The molecule has 2 aliphatic rings. The number of fused-ring (bicyclic) bond motifs is 2. The number of Topliss-reactive ketones (excluding diaryl/α,β-unsaturated/α-hetero) is 2. The molecule has 7 rings (SSSR count). The highest BCUT2D eigenvalue weighted by atomic mass is 32.2. The first-order valence-electron chi connectivity index (χ1n) is 15.2. The van der Waals surface area contributed by atoms with E-state index in [4.69, 9.17) is 28.7 Å². The van der Waals surface area contributed by atoms with Crippen LogP contribution in [0, 0.1) is 10.8 Å². The van der Waals surface area contributed by atoms with Crippen LogP contribution in [-0.4, -0.2) is 40.0 Å². The number of rotatable bonds is 9. The van der Waals surface area contributed by atoms with Crippen molar-refractivity contribution in [3.05, 3.63) is 137 Å². The highest BCUT2D eigenvalue weighted by Crippen LogP contribution is 2.41. The third-order valence-corrected chi connectivity index (χ3v) is 9.88. The third kappa shape index (κ3) is 6.35. The minimum atomic E-state index is -0.978. The van der Waals surface area contributed by atoms with E-state index in [-0.39, 0.29) is 28.4 Å². The number of phenols is 1. The number of aromatic hydroxyl groups is 1. The number of carbonyl (C=O) groups excluding carboxylic acids is 4. The van der Waals surface area contributed by atoms with Gasteiger partial charge < -0.3 is 22.9 Å². The fourth-order valence-corrected chi connectivity index (χ4v) is 6.77. The van der Waals surface area contributed by atoms with Crippen LogP contribution in [0.2, 0.25) is 0 Å². The van der Waals surface area contributed by atoms with Crippen LogP contribution in [-0.2, 0) is 15.0 Å². The SMILES string of the molecule is CC(c1ccc(O)cc1)(c1ccc(OSc2ccc3c(c2)C(=O)C(=N)C(=O)O3)cc1)c1ccc(OSc2ccc3c(c2)C(=O)C(=N)C(=O)O3)cc1. The Morgan fingerprint density at radius 2 is 0.941 bits per heavy atom. The highest BCUT2D eigenvalue weighted by molar-refractivity contribution is 7.95. The number of ether oxygens (including phenoxy) is 2. The molecule has 5 aromatic carbocycles. The largest absolute Gasteiger partial charge is 0.508 e. The van der Waals surface area contributed by atoms with Gasteiger partial charge in [-0.15, -0.1) is 0 Å². The van der Waals surface area contributed by atoms with Gasteiger partial charge in [-0.1, -0.05) is 36.4 Å². The van der Waals surface area contributed by atoms with Crippen molar-refractivity contribution in [3.63, 3.8) is 0 Å². The number of carbonyl (C=O) groups is 4. The molecule has 0 amide bonds. The summed E-state index contributed by atoms with van der Waals surface area (Å²) in [4.78, 5) is 49.3. The van der Waals surface area contributed by atoms with Crippen LogP contribution in [0.1, 0.15) is 44.3 Å². The summed E-state index contributed by atoms with van der Waals surface area (Å²) < 4.78 is 21.9. The Bertz CT molecular complexity index is 2150. The molecule has 0 saturated heterocycles. The number of nitrogens with one attached hydrogen (secondary N) is 2. The van der Waals surface area contributed by atoms with E-state index in [1.165, 1.54) is 24.3 Å². The van der Waals surface area contributed by atoms with Crippen molar-refractivity contribution in [2.45, 2.75) is 22.1 Å². The number of phenolic OH excluding ortho intramolecular Hbond substituents is 1. The number of benzene rings is 5. The summed E-state index contributed by atoms with van der Waals surface area (Å²) >= 11 is 2.03. The maximum atomic E-state index is 12.4. The molecule has 252 valence electrons. The van der Waals surface area contributed by atoms with E-state index in [0.717, 1.165) is 40.8 Å². The van der Waals surface area contributed by atoms with E-state index < -0.39 is 40.3 Å². The van der Waals surface area contributed by atoms with E-state index in [1.807, 2.05) is 60.7 Å². The van der Waals surface area contributed by atoms with Crippen molar-refractivity contribution in [2.75, 3.05) is 0 Å². The molecular weight excluding hydrogens is 693 g/mol. The molecule has 0 bridgehead atoms. The maximum absolute atomic E-state index is 12.4. The molecule has 2 heterocycles. The van der Waals surface area contributed by atoms with Crippen molar-refractivity contribution in [3.8, 4) is 28.7 Å². The monoisotopic (exact) mass is 716 g/mol. The van der Waals surface area contributed by atoms with E-state index in [1.54, 1.807) is 24.3 Å². The van der Waals surface area contributed by atoms with Crippen LogP contribution >= 0.6 is 24.1 Å². The lowest BCUT2D eigenvalue weighted by molar-refractivity contribution is -0.128. The molecule has 0 radical (unpaired) electrons. The number of hydrogen-bond donors (Lipinski definition) is 3. The van der Waals surface area contributed by atoms with E-state index in [2.05, 4.69) is 6.92 Å². The fraction of sp³-hybridized carbons (Fsp3) is 0.0526. The van der Waals surface area contributed by atoms with Gasteiger partial charge in [0.15, 0.2) is 11.4 Å². The Kier molecular flexibility index (Phi) is 8.67. The summed E-state index contributed by atoms with van der Waals surface area (Å²) in [5, 5.41) is 25.3. The Morgan fingerprint density at radius 1 is 0.569 bits per heavy atom. The zero-order valence-electron chi connectivity index (χ0n) is 26.4. The normalized spacial score (nSPS) is 14.9. The van der Waals surface area contributed by atoms with Gasteiger partial charge in [-0.05, 0) is 96.4 Å². The third-order valence-electron chi connectivity index (χ3n) is 8.44. The molecule has 3 N–H and O–H groups in total. The summed E-state index contributed by atoms with van der Waals surface area (Å²) in [6, 6.07) is 31.4. The highest BCUT2D eigenvalue weighted by Gasteiger charge is 2.34. The molecule has 0 atom stereocenters. The van der Waals surface area contributed by atoms with Crippen molar-refractivity contribution < 1.29 is 42.1 Å². The second kappa shape index (κ2) is 13.3. The van der Waals surface area contributed by atoms with Gasteiger partial charge in [0.25, 0.3) is 0 Å². The lowest BCUT2D eigenvalue weighted by Gasteiger charge is -2.32. The Hall–Kier alpha value is -6.18. The number of hydrogen-bond acceptors (Lipinski definition) is 13. The van der Waals surface area contributed by atoms with Crippen molar-refractivity contribution in [1.29, 1.82) is 10.8 Å². The summed E-state index contributed by atoms with van der Waals surface area (Å²) in [7, 11) is 0. The topological polar surface area (TPSA) is 173 Å². The standard InChI is InChI=1S/C38H24N2O9S2/c1-38(20-2-8-23(41)9-3-20,21-4-10-24(11-5-21)48-50-26-14-16-30-28(18-26)34(42)32(39)36(44)46-30)22-6-12-25(13-7-22)49-51-27-15-17-31-29(19-27)35(43)33(40)37(45)47-31/h2-19,39-41H,1H3. The Balaban J connectivity index is 1.08. The molecule has 0 saturated carbocycles. The first-order chi connectivity index (χ1) is 24.5. The number of esters is 2. The van der Waals surface area contributed by atoms with E-state index in [0.29, 0.717) is 21.3 Å². The van der Waals surface area contributed by atoms with Gasteiger partial charge in [0.05, 0.1) is 35.2 Å². The predicted octanol–water partition coefficient (Wildman–Crippen LogP) is 7.16. The van der Waals surface area contributed by atoms with Crippen LogP contribution in [0.3, 0.4) is 0 Å². The average Bonchev–Trinajstić information content (AvgIpc) is 3.15. The molecular formula is C38H24N2O9S2. The minimum Gasteiger partial charge on any atom is -0.508 e.